The van der Waals surface area contributed by atoms with Crippen LogP contribution in [-0.4, -0.2) is 61.6 Å². The van der Waals surface area contributed by atoms with E-state index in [2.05, 4.69) is 41.0 Å². The predicted molar refractivity (Wildman–Crippen MR) is 101 cm³/mol. The first-order valence-electron chi connectivity index (χ1n) is 9.84. The molecule has 0 aromatic heterocycles. The predicted octanol–water partition coefficient (Wildman–Crippen LogP) is 2.89. The summed E-state index contributed by atoms with van der Waals surface area (Å²) >= 11 is 0. The number of carbonyl (C=O) groups excluding carboxylic acids is 1. The second kappa shape index (κ2) is 9.35. The molecule has 0 radical (unpaired) electrons. The number of rotatable bonds is 6. The third-order valence-corrected chi connectivity index (χ3v) is 5.56. The summed E-state index contributed by atoms with van der Waals surface area (Å²) in [6.45, 7) is 9.05. The van der Waals surface area contributed by atoms with Crippen LogP contribution in [0.15, 0.2) is 24.3 Å². The summed E-state index contributed by atoms with van der Waals surface area (Å²) in [4.78, 5) is 17.0. The van der Waals surface area contributed by atoms with E-state index < -0.39 is 0 Å². The Morgan fingerprint density at radius 2 is 1.76 bits per heavy atom. The fraction of sp³-hybridized carbons (Fsp3) is 0.667. The lowest BCUT2D eigenvalue weighted by Gasteiger charge is -2.36. The number of likely N-dealkylation sites (tertiary alicyclic amines) is 1. The van der Waals surface area contributed by atoms with Crippen molar-refractivity contribution in [1.82, 2.24) is 9.80 Å². The smallest absolute Gasteiger partial charge is 0.222 e. The molecule has 0 saturated carbocycles. The van der Waals surface area contributed by atoms with Gasteiger partial charge in [0.2, 0.25) is 5.91 Å². The first kappa shape index (κ1) is 18.4. The van der Waals surface area contributed by atoms with Gasteiger partial charge in [-0.15, -0.1) is 0 Å². The zero-order valence-electron chi connectivity index (χ0n) is 15.6. The second-order valence-electron chi connectivity index (χ2n) is 7.58. The van der Waals surface area contributed by atoms with Gasteiger partial charge in [0.05, 0.1) is 13.2 Å². The summed E-state index contributed by atoms with van der Waals surface area (Å²) in [6, 6.07) is 8.65. The fourth-order valence-corrected chi connectivity index (χ4v) is 3.87. The molecule has 0 aliphatic carbocycles. The van der Waals surface area contributed by atoms with Crippen LogP contribution >= 0.6 is 0 Å². The van der Waals surface area contributed by atoms with Crippen LogP contribution in [0.1, 0.15) is 36.8 Å². The lowest BCUT2D eigenvalue weighted by molar-refractivity contribution is -0.132. The van der Waals surface area contributed by atoms with Gasteiger partial charge < -0.3 is 9.64 Å². The molecule has 4 heteroatoms. The standard InChI is InChI=1S/C21H32N2O2/c1-18-5-7-19(8-6-18)3-2-4-21(24)23-11-9-20(10-12-23)17-22-13-15-25-16-14-22/h5-8,20H,2-4,9-17H2,1H3. The summed E-state index contributed by atoms with van der Waals surface area (Å²) < 4.78 is 5.42. The van der Waals surface area contributed by atoms with Gasteiger partial charge in [0.25, 0.3) is 0 Å². The Balaban J connectivity index is 1.33. The third-order valence-electron chi connectivity index (χ3n) is 5.56. The molecule has 0 bridgehead atoms. The van der Waals surface area contributed by atoms with Crippen LogP contribution in [0.25, 0.3) is 0 Å². The minimum Gasteiger partial charge on any atom is -0.379 e. The van der Waals surface area contributed by atoms with Gasteiger partial charge in [-0.3, -0.25) is 9.69 Å². The number of nitrogens with zero attached hydrogens (tertiary/aromatic N) is 2. The van der Waals surface area contributed by atoms with Crippen molar-refractivity contribution in [2.24, 2.45) is 5.92 Å². The average molecular weight is 344 g/mol. The molecule has 0 spiro atoms. The summed E-state index contributed by atoms with van der Waals surface area (Å²) in [6.07, 6.45) is 4.94. The number of hydrogen-bond acceptors (Lipinski definition) is 3. The highest BCUT2D eigenvalue weighted by atomic mass is 16.5. The number of hydrogen-bond donors (Lipinski definition) is 0. The molecule has 2 fully saturated rings. The van der Waals surface area contributed by atoms with Gasteiger partial charge in [0.15, 0.2) is 0 Å². The molecule has 2 aliphatic heterocycles. The number of piperidine rings is 1. The van der Waals surface area contributed by atoms with Crippen LogP contribution in [0.4, 0.5) is 0 Å². The van der Waals surface area contributed by atoms with E-state index in [0.29, 0.717) is 12.3 Å². The molecule has 25 heavy (non-hydrogen) atoms. The van der Waals surface area contributed by atoms with E-state index in [1.807, 2.05) is 0 Å². The Kier molecular flexibility index (Phi) is 6.88. The minimum absolute atomic E-state index is 0.344. The lowest BCUT2D eigenvalue weighted by atomic mass is 9.95. The van der Waals surface area contributed by atoms with E-state index in [1.54, 1.807) is 0 Å². The van der Waals surface area contributed by atoms with Crippen molar-refractivity contribution in [3.05, 3.63) is 35.4 Å². The van der Waals surface area contributed by atoms with Gasteiger partial charge >= 0.3 is 0 Å². The molecule has 1 aromatic carbocycles. The summed E-state index contributed by atoms with van der Waals surface area (Å²) in [5.74, 6) is 1.09. The Morgan fingerprint density at radius 3 is 2.44 bits per heavy atom. The lowest BCUT2D eigenvalue weighted by Crippen LogP contribution is -2.44. The quantitative estimate of drug-likeness (QED) is 0.795. The summed E-state index contributed by atoms with van der Waals surface area (Å²) in [7, 11) is 0. The molecular formula is C21H32N2O2. The monoisotopic (exact) mass is 344 g/mol. The van der Waals surface area contributed by atoms with E-state index in [4.69, 9.17) is 4.74 Å². The Bertz CT molecular complexity index is 529. The molecule has 4 nitrogen and oxygen atoms in total. The van der Waals surface area contributed by atoms with Crippen LogP contribution in [0.3, 0.4) is 0 Å². The highest BCUT2D eigenvalue weighted by molar-refractivity contribution is 5.76. The highest BCUT2D eigenvalue weighted by Gasteiger charge is 2.24. The Morgan fingerprint density at radius 1 is 1.08 bits per heavy atom. The normalized spacial score (nSPS) is 20.0. The van der Waals surface area contributed by atoms with Gasteiger partial charge in [-0.25, -0.2) is 0 Å². The van der Waals surface area contributed by atoms with Crippen LogP contribution < -0.4 is 0 Å². The molecule has 0 atom stereocenters. The van der Waals surface area contributed by atoms with Crippen molar-refractivity contribution in [1.29, 1.82) is 0 Å². The van der Waals surface area contributed by atoms with Crippen LogP contribution in [0, 0.1) is 12.8 Å². The van der Waals surface area contributed by atoms with Crippen LogP contribution in [0.5, 0.6) is 0 Å². The van der Waals surface area contributed by atoms with E-state index in [1.165, 1.54) is 17.7 Å². The maximum Gasteiger partial charge on any atom is 0.222 e. The summed E-state index contributed by atoms with van der Waals surface area (Å²) in [5.41, 5.74) is 2.63. The summed E-state index contributed by atoms with van der Waals surface area (Å²) in [5, 5.41) is 0. The van der Waals surface area contributed by atoms with E-state index in [9.17, 15) is 4.79 Å². The zero-order valence-corrected chi connectivity index (χ0v) is 15.6. The number of carbonyl (C=O) groups is 1. The van der Waals surface area contributed by atoms with Crippen molar-refractivity contribution < 1.29 is 9.53 Å². The van der Waals surface area contributed by atoms with E-state index in [0.717, 1.165) is 71.0 Å². The van der Waals surface area contributed by atoms with Crippen LogP contribution in [-0.2, 0) is 16.0 Å². The molecule has 0 unspecified atom stereocenters. The third kappa shape index (κ3) is 5.82. The SMILES string of the molecule is Cc1ccc(CCCC(=O)N2CCC(CN3CCOCC3)CC2)cc1. The molecule has 138 valence electrons. The minimum atomic E-state index is 0.344. The number of benzene rings is 1. The second-order valence-corrected chi connectivity index (χ2v) is 7.58. The largest absolute Gasteiger partial charge is 0.379 e. The van der Waals surface area contributed by atoms with Crippen molar-refractivity contribution in [2.75, 3.05) is 45.9 Å². The van der Waals surface area contributed by atoms with Gasteiger partial charge in [0.1, 0.15) is 0 Å². The maximum atomic E-state index is 12.4. The van der Waals surface area contributed by atoms with Crippen LogP contribution in [0.2, 0.25) is 0 Å². The topological polar surface area (TPSA) is 32.8 Å². The molecular weight excluding hydrogens is 312 g/mol. The van der Waals surface area contributed by atoms with Crippen molar-refractivity contribution in [3.8, 4) is 0 Å². The number of morpholine rings is 1. The first-order valence-corrected chi connectivity index (χ1v) is 9.84. The van der Waals surface area contributed by atoms with E-state index >= 15 is 0 Å². The van der Waals surface area contributed by atoms with Crippen molar-refractivity contribution >= 4 is 5.91 Å². The number of ether oxygens (including phenoxy) is 1. The van der Waals surface area contributed by atoms with Gasteiger partial charge in [0, 0.05) is 39.1 Å². The molecule has 0 N–H and O–H groups in total. The molecule has 2 aliphatic rings. The zero-order chi connectivity index (χ0) is 17.5. The fourth-order valence-electron chi connectivity index (χ4n) is 3.87. The maximum absolute atomic E-state index is 12.4. The number of amides is 1. The molecule has 2 saturated heterocycles. The first-order chi connectivity index (χ1) is 12.2. The Labute approximate surface area is 152 Å². The molecule has 1 amide bonds. The van der Waals surface area contributed by atoms with Crippen molar-refractivity contribution in [2.45, 2.75) is 39.0 Å². The molecule has 2 heterocycles. The molecule has 3 rings (SSSR count). The van der Waals surface area contributed by atoms with E-state index in [-0.39, 0.29) is 0 Å². The van der Waals surface area contributed by atoms with Crippen molar-refractivity contribution in [3.63, 3.8) is 0 Å². The Hall–Kier alpha value is -1.39. The highest BCUT2D eigenvalue weighted by Crippen LogP contribution is 2.20. The van der Waals surface area contributed by atoms with Gasteiger partial charge in [-0.1, -0.05) is 29.8 Å². The van der Waals surface area contributed by atoms with Gasteiger partial charge in [-0.2, -0.15) is 0 Å². The average Bonchev–Trinajstić information content (AvgIpc) is 2.65. The van der Waals surface area contributed by atoms with Gasteiger partial charge in [-0.05, 0) is 44.1 Å². The molecule has 1 aromatic rings. The number of aryl methyl sites for hydroxylation is 2.